The number of ether oxygens (including phenoxy) is 1. The van der Waals surface area contributed by atoms with Crippen LogP contribution in [0.25, 0.3) is 0 Å². The normalized spacial score (nSPS) is 12.9. The van der Waals surface area contributed by atoms with E-state index in [1.165, 1.54) is 0 Å². The molecular formula is C8H8F3NO3. The Kier molecular flexibility index (Phi) is 3.70. The summed E-state index contributed by atoms with van der Waals surface area (Å²) in [6.07, 6.45) is -6.00. The molecule has 0 saturated heterocycles. The monoisotopic (exact) mass is 223 g/mol. The number of carbonyl (C=O) groups excluding carboxylic acids is 1. The molecule has 1 heterocycles. The van der Waals surface area contributed by atoms with Gasteiger partial charge in [0.25, 0.3) is 6.43 Å². The molecule has 0 N–H and O–H groups in total. The SMILES string of the molecule is COC(=O)c1cc(CC(F)C(F)F)no1. The Balaban J connectivity index is 2.64. The fourth-order valence-electron chi connectivity index (χ4n) is 0.894. The number of esters is 1. The van der Waals surface area contributed by atoms with E-state index in [4.69, 9.17) is 0 Å². The lowest BCUT2D eigenvalue weighted by Gasteiger charge is -2.02. The Hall–Kier alpha value is -1.53. The minimum absolute atomic E-state index is 0.0526. The lowest BCUT2D eigenvalue weighted by molar-refractivity contribution is 0.0492. The van der Waals surface area contributed by atoms with E-state index in [2.05, 4.69) is 14.4 Å². The summed E-state index contributed by atoms with van der Waals surface area (Å²) in [5.41, 5.74) is -0.0526. The van der Waals surface area contributed by atoms with Crippen LogP contribution in [0, 0.1) is 0 Å². The molecule has 15 heavy (non-hydrogen) atoms. The Morgan fingerprint density at radius 3 is 2.80 bits per heavy atom. The molecule has 0 aromatic carbocycles. The van der Waals surface area contributed by atoms with Crippen LogP contribution in [0.3, 0.4) is 0 Å². The third kappa shape index (κ3) is 2.97. The van der Waals surface area contributed by atoms with Gasteiger partial charge in [-0.25, -0.2) is 18.0 Å². The predicted molar refractivity (Wildman–Crippen MR) is 42.4 cm³/mol. The molecule has 7 heteroatoms. The molecule has 0 bridgehead atoms. The summed E-state index contributed by atoms with van der Waals surface area (Å²) >= 11 is 0. The van der Waals surface area contributed by atoms with Gasteiger partial charge in [-0.15, -0.1) is 0 Å². The van der Waals surface area contributed by atoms with Crippen LogP contribution in [-0.4, -0.2) is 30.8 Å². The molecule has 1 aromatic rings. The zero-order valence-corrected chi connectivity index (χ0v) is 7.75. The van der Waals surface area contributed by atoms with E-state index in [9.17, 15) is 18.0 Å². The van der Waals surface area contributed by atoms with E-state index < -0.39 is 25.0 Å². The molecule has 0 saturated carbocycles. The van der Waals surface area contributed by atoms with Gasteiger partial charge in [0, 0.05) is 12.5 Å². The number of rotatable bonds is 4. The largest absolute Gasteiger partial charge is 0.463 e. The number of nitrogens with zero attached hydrogens (tertiary/aromatic N) is 1. The van der Waals surface area contributed by atoms with Crippen molar-refractivity contribution in [2.75, 3.05) is 7.11 Å². The Morgan fingerprint density at radius 1 is 1.60 bits per heavy atom. The second kappa shape index (κ2) is 4.81. The van der Waals surface area contributed by atoms with Gasteiger partial charge in [-0.1, -0.05) is 5.16 Å². The van der Waals surface area contributed by atoms with E-state index >= 15 is 0 Å². The highest BCUT2D eigenvalue weighted by Gasteiger charge is 2.22. The maximum atomic E-state index is 12.6. The van der Waals surface area contributed by atoms with Crippen molar-refractivity contribution in [3.63, 3.8) is 0 Å². The van der Waals surface area contributed by atoms with Gasteiger partial charge in [0.1, 0.15) is 0 Å². The van der Waals surface area contributed by atoms with E-state index in [1.54, 1.807) is 0 Å². The molecule has 0 fully saturated rings. The molecule has 4 nitrogen and oxygen atoms in total. The number of methoxy groups -OCH3 is 1. The highest BCUT2D eigenvalue weighted by Crippen LogP contribution is 2.13. The number of hydrogen-bond donors (Lipinski definition) is 0. The highest BCUT2D eigenvalue weighted by molar-refractivity contribution is 5.86. The van der Waals surface area contributed by atoms with Gasteiger partial charge in [0.2, 0.25) is 5.76 Å². The van der Waals surface area contributed by atoms with Crippen LogP contribution >= 0.6 is 0 Å². The highest BCUT2D eigenvalue weighted by atomic mass is 19.3. The molecule has 0 amide bonds. The van der Waals surface area contributed by atoms with Crippen molar-refractivity contribution in [1.82, 2.24) is 5.16 Å². The van der Waals surface area contributed by atoms with Crippen LogP contribution in [0.5, 0.6) is 0 Å². The fraction of sp³-hybridized carbons (Fsp3) is 0.500. The molecule has 0 aliphatic carbocycles. The number of carbonyl (C=O) groups is 1. The molecule has 1 aromatic heterocycles. The van der Waals surface area contributed by atoms with Gasteiger partial charge in [0.05, 0.1) is 12.8 Å². The zero-order chi connectivity index (χ0) is 11.4. The first-order valence-electron chi connectivity index (χ1n) is 4.00. The Morgan fingerprint density at radius 2 is 2.27 bits per heavy atom. The summed E-state index contributed by atoms with van der Waals surface area (Å²) in [4.78, 5) is 10.8. The second-order valence-electron chi connectivity index (χ2n) is 2.73. The van der Waals surface area contributed by atoms with Crippen LogP contribution in [-0.2, 0) is 11.2 Å². The van der Waals surface area contributed by atoms with Crippen molar-refractivity contribution >= 4 is 5.97 Å². The Labute approximate surface area is 83.0 Å². The van der Waals surface area contributed by atoms with Gasteiger partial charge >= 0.3 is 5.97 Å². The van der Waals surface area contributed by atoms with Crippen molar-refractivity contribution in [2.24, 2.45) is 0 Å². The molecule has 1 unspecified atom stereocenters. The summed E-state index contributed by atoms with van der Waals surface area (Å²) in [5, 5.41) is 3.26. The number of halogens is 3. The first-order valence-corrected chi connectivity index (χ1v) is 4.00. The van der Waals surface area contributed by atoms with Crippen molar-refractivity contribution in [3.8, 4) is 0 Å². The summed E-state index contributed by atoms with van der Waals surface area (Å²) in [5.74, 6) is -1.03. The zero-order valence-electron chi connectivity index (χ0n) is 7.75. The minimum Gasteiger partial charge on any atom is -0.463 e. The third-order valence-electron chi connectivity index (χ3n) is 1.62. The molecule has 0 aliphatic rings. The molecule has 0 spiro atoms. The summed E-state index contributed by atoms with van der Waals surface area (Å²) in [7, 11) is 1.13. The van der Waals surface area contributed by atoms with Gasteiger partial charge in [-0.2, -0.15) is 0 Å². The smallest absolute Gasteiger partial charge is 0.376 e. The first kappa shape index (κ1) is 11.5. The average molecular weight is 223 g/mol. The predicted octanol–water partition coefficient (Wildman–Crippen LogP) is 1.61. The van der Waals surface area contributed by atoms with Crippen LogP contribution in [0.1, 0.15) is 16.2 Å². The van der Waals surface area contributed by atoms with Gasteiger partial charge in [-0.05, 0) is 0 Å². The molecule has 84 valence electrons. The van der Waals surface area contributed by atoms with Crippen LogP contribution in [0.4, 0.5) is 13.2 Å². The number of aromatic nitrogens is 1. The second-order valence-corrected chi connectivity index (χ2v) is 2.73. The van der Waals surface area contributed by atoms with Crippen LogP contribution in [0.15, 0.2) is 10.6 Å². The molecule has 0 radical (unpaired) electrons. The minimum atomic E-state index is -3.08. The van der Waals surface area contributed by atoms with Crippen LogP contribution in [0.2, 0.25) is 0 Å². The summed E-state index contributed by atoms with van der Waals surface area (Å²) in [6.45, 7) is 0. The lowest BCUT2D eigenvalue weighted by atomic mass is 10.2. The maximum absolute atomic E-state index is 12.6. The first-order chi connectivity index (χ1) is 7.04. The van der Waals surface area contributed by atoms with Crippen molar-refractivity contribution in [2.45, 2.75) is 19.0 Å². The van der Waals surface area contributed by atoms with E-state index in [1.807, 2.05) is 0 Å². The summed E-state index contributed by atoms with van der Waals surface area (Å²) in [6, 6.07) is 1.07. The van der Waals surface area contributed by atoms with Crippen LogP contribution < -0.4 is 0 Å². The van der Waals surface area contributed by atoms with Gasteiger partial charge < -0.3 is 9.26 Å². The fourth-order valence-corrected chi connectivity index (χ4v) is 0.894. The standard InChI is InChI=1S/C8H8F3NO3/c1-14-8(13)6-3-4(12-15-6)2-5(9)7(10)11/h3,5,7H,2H2,1H3. The quantitative estimate of drug-likeness (QED) is 0.727. The summed E-state index contributed by atoms with van der Waals surface area (Å²) < 4.78 is 44.9. The molecular weight excluding hydrogens is 215 g/mol. The maximum Gasteiger partial charge on any atom is 0.376 e. The van der Waals surface area contributed by atoms with Crippen molar-refractivity contribution in [1.29, 1.82) is 0 Å². The van der Waals surface area contributed by atoms with Gasteiger partial charge in [-0.3, -0.25) is 0 Å². The molecule has 1 atom stereocenters. The van der Waals surface area contributed by atoms with Gasteiger partial charge in [0.15, 0.2) is 6.17 Å². The average Bonchev–Trinajstić information content (AvgIpc) is 2.65. The molecule has 0 aliphatic heterocycles. The van der Waals surface area contributed by atoms with E-state index in [0.29, 0.717) is 0 Å². The Bertz CT molecular complexity index is 340. The topological polar surface area (TPSA) is 52.3 Å². The lowest BCUT2D eigenvalue weighted by Crippen LogP contribution is -2.15. The van der Waals surface area contributed by atoms with E-state index in [-0.39, 0.29) is 11.5 Å². The van der Waals surface area contributed by atoms with E-state index in [0.717, 1.165) is 13.2 Å². The number of alkyl halides is 3. The number of hydrogen-bond acceptors (Lipinski definition) is 4. The van der Waals surface area contributed by atoms with Crippen molar-refractivity contribution in [3.05, 3.63) is 17.5 Å². The molecule has 1 rings (SSSR count). The third-order valence-corrected chi connectivity index (χ3v) is 1.62. The van der Waals surface area contributed by atoms with Crippen molar-refractivity contribution < 1.29 is 27.2 Å².